The molecule has 1 amide bonds. The molecule has 3 heteroatoms. The Kier molecular flexibility index (Phi) is 4.75. The first kappa shape index (κ1) is 14.2. The lowest BCUT2D eigenvalue weighted by Crippen LogP contribution is -2.47. The largest absolute Gasteiger partial charge is 0.340 e. The van der Waals surface area contributed by atoms with Crippen LogP contribution in [0.1, 0.15) is 25.0 Å². The summed E-state index contributed by atoms with van der Waals surface area (Å²) in [5.74, 6) is 0.156. The molecular weight excluding hydrogens is 278 g/mol. The van der Waals surface area contributed by atoms with Crippen molar-refractivity contribution < 1.29 is 4.79 Å². The van der Waals surface area contributed by atoms with Crippen molar-refractivity contribution in [3.63, 3.8) is 0 Å². The lowest BCUT2D eigenvalue weighted by atomic mass is 10.0. The Labute approximate surface area is 112 Å². The summed E-state index contributed by atoms with van der Waals surface area (Å²) in [5.41, 5.74) is 2.13. The molecule has 0 saturated carbocycles. The predicted octanol–water partition coefficient (Wildman–Crippen LogP) is 3.17. The first-order valence-corrected chi connectivity index (χ1v) is 6.88. The molecule has 0 unspecified atom stereocenters. The minimum atomic E-state index is -0.153. The van der Waals surface area contributed by atoms with E-state index in [4.69, 9.17) is 0 Å². The summed E-state index contributed by atoms with van der Waals surface area (Å²) < 4.78 is 0. The summed E-state index contributed by atoms with van der Waals surface area (Å²) in [5, 5.41) is 0.774. The van der Waals surface area contributed by atoms with Gasteiger partial charge in [-0.25, -0.2) is 0 Å². The van der Waals surface area contributed by atoms with Gasteiger partial charge in [-0.15, -0.1) is 0 Å². The maximum Gasteiger partial charge on any atom is 0.227 e. The van der Waals surface area contributed by atoms with Crippen LogP contribution in [0.3, 0.4) is 0 Å². The molecule has 17 heavy (non-hydrogen) atoms. The van der Waals surface area contributed by atoms with Gasteiger partial charge < -0.3 is 4.90 Å². The molecule has 2 nitrogen and oxygen atoms in total. The number of nitrogens with zero attached hydrogens (tertiary/aromatic N) is 1. The number of hydrogen-bond acceptors (Lipinski definition) is 1. The van der Waals surface area contributed by atoms with E-state index < -0.39 is 0 Å². The number of hydrogen-bond donors (Lipinski definition) is 0. The summed E-state index contributed by atoms with van der Waals surface area (Å²) in [6.45, 7) is 6.15. The second-order valence-electron chi connectivity index (χ2n) is 5.00. The molecule has 0 aliphatic rings. The van der Waals surface area contributed by atoms with Crippen LogP contribution in [0.25, 0.3) is 0 Å². The zero-order valence-electron chi connectivity index (χ0n) is 11.0. The average molecular weight is 298 g/mol. The van der Waals surface area contributed by atoms with Gasteiger partial charge in [-0.2, -0.15) is 0 Å². The summed E-state index contributed by atoms with van der Waals surface area (Å²) in [6.07, 6.45) is 0.472. The van der Waals surface area contributed by atoms with E-state index in [-0.39, 0.29) is 11.4 Å². The average Bonchev–Trinajstić information content (AvgIpc) is 2.31. The summed E-state index contributed by atoms with van der Waals surface area (Å²) in [4.78, 5) is 14.0. The quantitative estimate of drug-likeness (QED) is 0.782. The van der Waals surface area contributed by atoms with Gasteiger partial charge in [-0.1, -0.05) is 40.2 Å². The van der Waals surface area contributed by atoms with Crippen LogP contribution >= 0.6 is 15.9 Å². The molecule has 0 aromatic heterocycles. The maximum absolute atomic E-state index is 12.2. The highest BCUT2D eigenvalue weighted by molar-refractivity contribution is 9.09. The van der Waals surface area contributed by atoms with Gasteiger partial charge in [-0.3, -0.25) is 4.79 Å². The van der Waals surface area contributed by atoms with E-state index in [9.17, 15) is 4.79 Å². The van der Waals surface area contributed by atoms with Crippen LogP contribution in [0.4, 0.5) is 0 Å². The fourth-order valence-electron chi connectivity index (χ4n) is 1.52. The Morgan fingerprint density at radius 2 is 1.94 bits per heavy atom. The van der Waals surface area contributed by atoms with Crippen molar-refractivity contribution >= 4 is 21.8 Å². The molecule has 0 fully saturated rings. The molecule has 0 bridgehead atoms. The Morgan fingerprint density at radius 1 is 1.35 bits per heavy atom. The summed E-state index contributed by atoms with van der Waals surface area (Å²) in [7, 11) is 1.86. The van der Waals surface area contributed by atoms with E-state index in [1.807, 2.05) is 43.1 Å². The Bertz CT molecular complexity index is 401. The number of amides is 1. The lowest BCUT2D eigenvalue weighted by molar-refractivity contribution is -0.133. The van der Waals surface area contributed by atoms with E-state index >= 15 is 0 Å². The number of aryl methyl sites for hydroxylation is 1. The first-order valence-electron chi connectivity index (χ1n) is 5.75. The van der Waals surface area contributed by atoms with E-state index in [1.165, 1.54) is 5.56 Å². The number of likely N-dealkylation sites (N-methyl/N-ethyl adjacent to an activating group) is 1. The van der Waals surface area contributed by atoms with Crippen LogP contribution in [0, 0.1) is 6.92 Å². The van der Waals surface area contributed by atoms with Crippen LogP contribution in [-0.4, -0.2) is 28.7 Å². The standard InChI is InChI=1S/C14H20BrNO/c1-11-7-5-6-8-12(11)9-13(17)16(4)14(2,3)10-15/h5-8H,9-10H2,1-4H3. The van der Waals surface area contributed by atoms with Crippen LogP contribution in [0.15, 0.2) is 24.3 Å². The van der Waals surface area contributed by atoms with Crippen molar-refractivity contribution in [2.45, 2.75) is 32.7 Å². The SMILES string of the molecule is Cc1ccccc1CC(=O)N(C)C(C)(C)CBr. The van der Waals surface area contributed by atoms with Gasteiger partial charge in [-0.05, 0) is 31.9 Å². The van der Waals surface area contributed by atoms with Gasteiger partial charge in [0.05, 0.1) is 6.42 Å². The van der Waals surface area contributed by atoms with Gasteiger partial charge in [0.15, 0.2) is 0 Å². The molecule has 1 aromatic rings. The topological polar surface area (TPSA) is 20.3 Å². The fourth-order valence-corrected chi connectivity index (χ4v) is 1.89. The molecule has 1 aromatic carbocycles. The number of carbonyl (C=O) groups excluding carboxylic acids is 1. The monoisotopic (exact) mass is 297 g/mol. The second-order valence-corrected chi connectivity index (χ2v) is 5.56. The summed E-state index contributed by atoms with van der Waals surface area (Å²) >= 11 is 3.45. The molecule has 94 valence electrons. The van der Waals surface area contributed by atoms with Crippen LogP contribution in [-0.2, 0) is 11.2 Å². The highest BCUT2D eigenvalue weighted by atomic mass is 79.9. The minimum absolute atomic E-state index is 0.153. The number of benzene rings is 1. The highest BCUT2D eigenvalue weighted by Gasteiger charge is 2.26. The van der Waals surface area contributed by atoms with Crippen molar-refractivity contribution in [3.05, 3.63) is 35.4 Å². The van der Waals surface area contributed by atoms with Crippen molar-refractivity contribution in [3.8, 4) is 0 Å². The normalized spacial score (nSPS) is 11.4. The molecule has 0 aliphatic carbocycles. The third-order valence-electron chi connectivity index (χ3n) is 3.21. The predicted molar refractivity (Wildman–Crippen MR) is 75.5 cm³/mol. The molecule has 0 atom stereocenters. The fraction of sp³-hybridized carbons (Fsp3) is 0.500. The van der Waals surface area contributed by atoms with E-state index in [0.717, 1.165) is 10.9 Å². The van der Waals surface area contributed by atoms with Gasteiger partial charge in [0.2, 0.25) is 5.91 Å². The van der Waals surface area contributed by atoms with Gasteiger partial charge in [0.25, 0.3) is 0 Å². The van der Waals surface area contributed by atoms with E-state index in [0.29, 0.717) is 6.42 Å². The molecule has 1 rings (SSSR count). The Morgan fingerprint density at radius 3 is 2.47 bits per heavy atom. The maximum atomic E-state index is 12.2. The molecule has 0 radical (unpaired) electrons. The van der Waals surface area contributed by atoms with Crippen LogP contribution in [0.5, 0.6) is 0 Å². The van der Waals surface area contributed by atoms with Crippen molar-refractivity contribution in [2.24, 2.45) is 0 Å². The van der Waals surface area contributed by atoms with Gasteiger partial charge in [0, 0.05) is 17.9 Å². The molecular formula is C14H20BrNO. The Hall–Kier alpha value is -0.830. The van der Waals surface area contributed by atoms with E-state index in [1.54, 1.807) is 0 Å². The van der Waals surface area contributed by atoms with Crippen LogP contribution in [0.2, 0.25) is 0 Å². The number of halogens is 1. The first-order chi connectivity index (χ1) is 7.88. The van der Waals surface area contributed by atoms with E-state index in [2.05, 4.69) is 29.8 Å². The second kappa shape index (κ2) is 5.67. The van der Waals surface area contributed by atoms with Gasteiger partial charge in [0.1, 0.15) is 0 Å². The smallest absolute Gasteiger partial charge is 0.227 e. The zero-order chi connectivity index (χ0) is 13.1. The number of rotatable bonds is 4. The Balaban J connectivity index is 2.77. The van der Waals surface area contributed by atoms with Crippen LogP contribution < -0.4 is 0 Å². The van der Waals surface area contributed by atoms with Crippen molar-refractivity contribution in [2.75, 3.05) is 12.4 Å². The molecule has 0 heterocycles. The highest BCUT2D eigenvalue weighted by Crippen LogP contribution is 2.17. The van der Waals surface area contributed by atoms with Gasteiger partial charge >= 0.3 is 0 Å². The van der Waals surface area contributed by atoms with Crippen molar-refractivity contribution in [1.82, 2.24) is 4.90 Å². The molecule has 0 spiro atoms. The number of carbonyl (C=O) groups is 1. The third kappa shape index (κ3) is 3.56. The lowest BCUT2D eigenvalue weighted by Gasteiger charge is -2.34. The minimum Gasteiger partial charge on any atom is -0.340 e. The van der Waals surface area contributed by atoms with Crippen molar-refractivity contribution in [1.29, 1.82) is 0 Å². The summed E-state index contributed by atoms with van der Waals surface area (Å²) in [6, 6.07) is 8.03. The third-order valence-corrected chi connectivity index (χ3v) is 4.58. The zero-order valence-corrected chi connectivity index (χ0v) is 12.5. The number of alkyl halides is 1. The molecule has 0 saturated heterocycles. The molecule has 0 aliphatic heterocycles. The molecule has 0 N–H and O–H groups in total.